The summed E-state index contributed by atoms with van der Waals surface area (Å²) in [6.07, 6.45) is 5.58. The molecule has 0 spiro atoms. The van der Waals surface area contributed by atoms with Gasteiger partial charge < -0.3 is 4.98 Å². The molecular formula is C20H17N5S. The van der Waals surface area contributed by atoms with Gasteiger partial charge >= 0.3 is 0 Å². The maximum absolute atomic E-state index is 4.45. The lowest BCUT2D eigenvalue weighted by Crippen LogP contribution is -1.91. The zero-order chi connectivity index (χ0) is 17.7. The Bertz CT molecular complexity index is 1210. The highest BCUT2D eigenvalue weighted by molar-refractivity contribution is 7.13. The summed E-state index contributed by atoms with van der Waals surface area (Å²) in [6.45, 7) is 4.46. The van der Waals surface area contributed by atoms with E-state index in [2.05, 4.69) is 63.3 Å². The van der Waals surface area contributed by atoms with Gasteiger partial charge in [-0.15, -0.1) is 11.3 Å². The first-order valence-corrected chi connectivity index (χ1v) is 9.44. The van der Waals surface area contributed by atoms with Gasteiger partial charge in [0.1, 0.15) is 5.01 Å². The summed E-state index contributed by atoms with van der Waals surface area (Å²) in [5.41, 5.74) is 6.60. The van der Waals surface area contributed by atoms with Crippen molar-refractivity contribution in [3.05, 3.63) is 53.8 Å². The van der Waals surface area contributed by atoms with Gasteiger partial charge in [0.25, 0.3) is 0 Å². The van der Waals surface area contributed by atoms with Gasteiger partial charge in [0.05, 0.1) is 5.69 Å². The first-order chi connectivity index (χ1) is 12.7. The summed E-state index contributed by atoms with van der Waals surface area (Å²) in [7, 11) is 0. The lowest BCUT2D eigenvalue weighted by molar-refractivity contribution is 0.878. The van der Waals surface area contributed by atoms with Crippen LogP contribution in [-0.4, -0.2) is 25.1 Å². The first kappa shape index (κ1) is 15.3. The average molecular weight is 359 g/mol. The van der Waals surface area contributed by atoms with E-state index in [1.807, 2.05) is 24.0 Å². The smallest absolute Gasteiger partial charge is 0.181 e. The standard InChI is InChI=1S/C20H17N5S/c1-11(2)17-14-9-12(20-22-7-8-26-20)3-4-16(14)24-18(17)13-5-6-21-19-15(13)10-23-25-19/h3-11,24H,1-2H3,(H,21,23,25). The normalized spacial score (nSPS) is 11.8. The summed E-state index contributed by atoms with van der Waals surface area (Å²) in [4.78, 5) is 12.4. The highest BCUT2D eigenvalue weighted by Crippen LogP contribution is 2.39. The van der Waals surface area contributed by atoms with Crippen molar-refractivity contribution in [2.24, 2.45) is 0 Å². The molecule has 0 amide bonds. The van der Waals surface area contributed by atoms with Crippen molar-refractivity contribution in [1.29, 1.82) is 0 Å². The fraction of sp³-hybridized carbons (Fsp3) is 0.150. The second-order valence-corrected chi connectivity index (χ2v) is 7.54. The van der Waals surface area contributed by atoms with Crippen molar-refractivity contribution in [2.75, 3.05) is 0 Å². The van der Waals surface area contributed by atoms with Gasteiger partial charge in [-0.25, -0.2) is 9.97 Å². The number of thiazole rings is 1. The van der Waals surface area contributed by atoms with E-state index in [1.54, 1.807) is 11.3 Å². The fourth-order valence-corrected chi connectivity index (χ4v) is 4.23. The zero-order valence-electron chi connectivity index (χ0n) is 14.4. The van der Waals surface area contributed by atoms with Crippen molar-refractivity contribution in [2.45, 2.75) is 19.8 Å². The molecule has 0 radical (unpaired) electrons. The highest BCUT2D eigenvalue weighted by atomic mass is 32.1. The van der Waals surface area contributed by atoms with Crippen LogP contribution in [0.4, 0.5) is 0 Å². The average Bonchev–Trinajstić information content (AvgIpc) is 3.38. The molecule has 0 aliphatic heterocycles. The van der Waals surface area contributed by atoms with Crippen LogP contribution < -0.4 is 0 Å². The molecule has 0 atom stereocenters. The summed E-state index contributed by atoms with van der Waals surface area (Å²) in [5.74, 6) is 0.375. The largest absolute Gasteiger partial charge is 0.354 e. The Morgan fingerprint density at radius 3 is 2.77 bits per heavy atom. The number of hydrogen-bond donors (Lipinski definition) is 2. The van der Waals surface area contributed by atoms with Crippen LogP contribution in [-0.2, 0) is 0 Å². The number of rotatable bonds is 3. The number of aromatic amines is 2. The van der Waals surface area contributed by atoms with Crippen LogP contribution in [0, 0.1) is 0 Å². The predicted octanol–water partition coefficient (Wildman–Crippen LogP) is 5.35. The van der Waals surface area contributed by atoms with Crippen LogP contribution in [0.5, 0.6) is 0 Å². The van der Waals surface area contributed by atoms with Crippen LogP contribution in [0.1, 0.15) is 25.3 Å². The second-order valence-electron chi connectivity index (χ2n) is 6.65. The number of H-pyrrole nitrogens is 2. The third kappa shape index (κ3) is 2.26. The molecule has 0 fully saturated rings. The molecule has 5 nitrogen and oxygen atoms in total. The summed E-state index contributed by atoms with van der Waals surface area (Å²) < 4.78 is 0. The van der Waals surface area contributed by atoms with Crippen molar-refractivity contribution in [3.63, 3.8) is 0 Å². The Kier molecular flexibility index (Phi) is 3.39. The number of nitrogens with zero attached hydrogens (tertiary/aromatic N) is 3. The minimum Gasteiger partial charge on any atom is -0.354 e. The summed E-state index contributed by atoms with van der Waals surface area (Å²) in [5, 5.41) is 12.5. The van der Waals surface area contributed by atoms with Gasteiger partial charge in [0.15, 0.2) is 5.65 Å². The Labute approximate surface area is 154 Å². The van der Waals surface area contributed by atoms with E-state index < -0.39 is 0 Å². The second kappa shape index (κ2) is 5.78. The number of aromatic nitrogens is 5. The third-order valence-corrected chi connectivity index (χ3v) is 5.54. The Balaban J connectivity index is 1.80. The van der Waals surface area contributed by atoms with Crippen molar-refractivity contribution in [1.82, 2.24) is 25.1 Å². The van der Waals surface area contributed by atoms with Gasteiger partial charge in [-0.3, -0.25) is 5.10 Å². The minimum atomic E-state index is 0.375. The quantitative estimate of drug-likeness (QED) is 0.456. The molecule has 26 heavy (non-hydrogen) atoms. The highest BCUT2D eigenvalue weighted by Gasteiger charge is 2.19. The molecule has 2 N–H and O–H groups in total. The van der Waals surface area contributed by atoms with Crippen LogP contribution in [0.25, 0.3) is 43.8 Å². The summed E-state index contributed by atoms with van der Waals surface area (Å²) >= 11 is 1.66. The molecule has 5 aromatic rings. The molecule has 0 aliphatic rings. The van der Waals surface area contributed by atoms with Crippen LogP contribution in [0.3, 0.4) is 0 Å². The number of fused-ring (bicyclic) bond motifs is 2. The SMILES string of the molecule is CC(C)c1c(-c2ccnc3n[nH]cc23)[nH]c2ccc(-c3nccs3)cc12. The van der Waals surface area contributed by atoms with Crippen molar-refractivity contribution >= 4 is 33.3 Å². The maximum atomic E-state index is 4.45. The molecule has 1 aromatic carbocycles. The monoisotopic (exact) mass is 359 g/mol. The maximum Gasteiger partial charge on any atom is 0.181 e. The zero-order valence-corrected chi connectivity index (χ0v) is 15.3. The van der Waals surface area contributed by atoms with Crippen LogP contribution in [0.15, 0.2) is 48.2 Å². The fourth-order valence-electron chi connectivity index (χ4n) is 3.59. The van der Waals surface area contributed by atoms with Crippen molar-refractivity contribution < 1.29 is 0 Å². The molecule has 4 aromatic heterocycles. The number of benzene rings is 1. The lowest BCUT2D eigenvalue weighted by atomic mass is 9.95. The number of pyridine rings is 1. The molecular weight excluding hydrogens is 342 g/mol. The van der Waals surface area contributed by atoms with E-state index in [0.717, 1.165) is 38.4 Å². The first-order valence-electron chi connectivity index (χ1n) is 8.56. The van der Waals surface area contributed by atoms with Crippen LogP contribution in [0.2, 0.25) is 0 Å². The lowest BCUT2D eigenvalue weighted by Gasteiger charge is -2.09. The van der Waals surface area contributed by atoms with E-state index in [9.17, 15) is 0 Å². The van der Waals surface area contributed by atoms with Gasteiger partial charge in [0, 0.05) is 51.4 Å². The summed E-state index contributed by atoms with van der Waals surface area (Å²) in [6, 6.07) is 8.58. The molecule has 6 heteroatoms. The number of hydrogen-bond acceptors (Lipinski definition) is 4. The minimum absolute atomic E-state index is 0.375. The predicted molar refractivity (Wildman–Crippen MR) is 106 cm³/mol. The van der Waals surface area contributed by atoms with E-state index in [4.69, 9.17) is 0 Å². The molecule has 128 valence electrons. The number of nitrogens with one attached hydrogen (secondary N) is 2. The van der Waals surface area contributed by atoms with Crippen LogP contribution >= 0.6 is 11.3 Å². The van der Waals surface area contributed by atoms with E-state index in [-0.39, 0.29) is 0 Å². The molecule has 0 aliphatic carbocycles. The Hall–Kier alpha value is -2.99. The van der Waals surface area contributed by atoms with Gasteiger partial charge in [-0.1, -0.05) is 13.8 Å². The third-order valence-electron chi connectivity index (χ3n) is 4.71. The van der Waals surface area contributed by atoms with Gasteiger partial charge in [-0.2, -0.15) is 5.10 Å². The Morgan fingerprint density at radius 1 is 1.04 bits per heavy atom. The van der Waals surface area contributed by atoms with Gasteiger partial charge in [0.2, 0.25) is 0 Å². The molecule has 0 saturated carbocycles. The van der Waals surface area contributed by atoms with Crippen molar-refractivity contribution in [3.8, 4) is 21.8 Å². The topological polar surface area (TPSA) is 70.2 Å². The van der Waals surface area contributed by atoms with E-state index in [0.29, 0.717) is 5.92 Å². The molecule has 5 rings (SSSR count). The molecule has 0 unspecified atom stereocenters. The molecule has 0 bridgehead atoms. The Morgan fingerprint density at radius 2 is 1.96 bits per heavy atom. The van der Waals surface area contributed by atoms with E-state index >= 15 is 0 Å². The molecule has 4 heterocycles. The van der Waals surface area contributed by atoms with E-state index in [1.165, 1.54) is 10.9 Å². The molecule has 0 saturated heterocycles. The van der Waals surface area contributed by atoms with Gasteiger partial charge in [-0.05, 0) is 35.7 Å².